The molecule has 0 unspecified atom stereocenters. The third-order valence-corrected chi connectivity index (χ3v) is 5.34. The molecule has 104 valence electrons. The average Bonchev–Trinajstić information content (AvgIpc) is 2.85. The molecule has 3 heteroatoms. The maximum absolute atomic E-state index is 12.3. The van der Waals surface area contributed by atoms with Gasteiger partial charge in [-0.1, -0.05) is 33.1 Å². The van der Waals surface area contributed by atoms with E-state index in [1.165, 1.54) is 38.5 Å². The molecule has 1 aliphatic carbocycles. The number of nitrogens with two attached hydrogens (primary N) is 1. The zero-order valence-electron chi connectivity index (χ0n) is 12.0. The van der Waals surface area contributed by atoms with Crippen molar-refractivity contribution in [2.45, 2.75) is 64.8 Å². The van der Waals surface area contributed by atoms with Gasteiger partial charge in [0.1, 0.15) is 0 Å². The average molecular weight is 252 g/mol. The fourth-order valence-corrected chi connectivity index (χ4v) is 3.53. The number of amides is 1. The second kappa shape index (κ2) is 5.60. The van der Waals surface area contributed by atoms with Gasteiger partial charge in [-0.3, -0.25) is 4.79 Å². The van der Waals surface area contributed by atoms with Crippen molar-refractivity contribution in [3.05, 3.63) is 0 Å². The van der Waals surface area contributed by atoms with Crippen LogP contribution in [0.4, 0.5) is 0 Å². The maximum atomic E-state index is 12.3. The summed E-state index contributed by atoms with van der Waals surface area (Å²) in [5, 5.41) is 0. The normalized spacial score (nSPS) is 26.3. The highest BCUT2D eigenvalue weighted by atomic mass is 16.2. The Hall–Kier alpha value is -0.570. The van der Waals surface area contributed by atoms with Gasteiger partial charge in [0.05, 0.1) is 6.04 Å². The van der Waals surface area contributed by atoms with Crippen molar-refractivity contribution >= 4 is 5.91 Å². The van der Waals surface area contributed by atoms with Crippen LogP contribution in [-0.2, 0) is 4.79 Å². The van der Waals surface area contributed by atoms with E-state index in [0.29, 0.717) is 11.3 Å². The molecule has 0 aromatic rings. The summed E-state index contributed by atoms with van der Waals surface area (Å²) in [4.78, 5) is 14.3. The number of rotatable bonds is 3. The lowest BCUT2D eigenvalue weighted by molar-refractivity contribution is -0.136. The monoisotopic (exact) mass is 252 g/mol. The number of carbonyl (C=O) groups excluding carboxylic acids is 1. The van der Waals surface area contributed by atoms with Crippen LogP contribution in [0, 0.1) is 11.3 Å². The number of nitrogens with zero attached hydrogens (tertiary/aromatic N) is 1. The summed E-state index contributed by atoms with van der Waals surface area (Å²) in [6.07, 6.45) is 8.92. The van der Waals surface area contributed by atoms with Crippen molar-refractivity contribution < 1.29 is 4.79 Å². The first-order chi connectivity index (χ1) is 8.58. The maximum Gasteiger partial charge on any atom is 0.239 e. The van der Waals surface area contributed by atoms with Gasteiger partial charge < -0.3 is 10.6 Å². The summed E-state index contributed by atoms with van der Waals surface area (Å²) in [5.74, 6) is 0.470. The molecule has 2 fully saturated rings. The summed E-state index contributed by atoms with van der Waals surface area (Å²) < 4.78 is 0. The van der Waals surface area contributed by atoms with Crippen molar-refractivity contribution in [3.8, 4) is 0 Å². The fraction of sp³-hybridized carbons (Fsp3) is 0.933. The van der Waals surface area contributed by atoms with Gasteiger partial charge >= 0.3 is 0 Å². The third-order valence-electron chi connectivity index (χ3n) is 5.34. The Morgan fingerprint density at radius 1 is 1.22 bits per heavy atom. The van der Waals surface area contributed by atoms with Gasteiger partial charge in [-0.15, -0.1) is 0 Å². The molecule has 0 aromatic heterocycles. The summed E-state index contributed by atoms with van der Waals surface area (Å²) >= 11 is 0. The van der Waals surface area contributed by atoms with Crippen molar-refractivity contribution in [2.75, 3.05) is 13.1 Å². The van der Waals surface area contributed by atoms with E-state index in [9.17, 15) is 4.79 Å². The Kier molecular flexibility index (Phi) is 4.31. The van der Waals surface area contributed by atoms with E-state index in [1.54, 1.807) is 0 Å². The van der Waals surface area contributed by atoms with Crippen molar-refractivity contribution in [1.82, 2.24) is 4.90 Å². The molecular formula is C15H28N2O. The van der Waals surface area contributed by atoms with Gasteiger partial charge in [0, 0.05) is 13.1 Å². The van der Waals surface area contributed by atoms with E-state index in [1.807, 2.05) is 4.90 Å². The van der Waals surface area contributed by atoms with Crippen LogP contribution in [0.15, 0.2) is 0 Å². The number of piperidine rings is 1. The fourth-order valence-electron chi connectivity index (χ4n) is 3.53. The lowest BCUT2D eigenvalue weighted by Crippen LogP contribution is -2.51. The highest BCUT2D eigenvalue weighted by molar-refractivity contribution is 5.82. The standard InChI is InChI=1S/C15H28N2O/c1-3-12(2)13(16)14(18)17-10-8-15(9-11-17)6-4-5-7-15/h12-13H,3-11,16H2,1-2H3/t12-,13-/m0/s1. The number of hydrogen-bond acceptors (Lipinski definition) is 2. The van der Waals surface area contributed by atoms with Gasteiger partial charge in [-0.25, -0.2) is 0 Å². The Balaban J connectivity index is 1.87. The second-order valence-electron chi connectivity index (χ2n) is 6.44. The molecule has 0 aromatic carbocycles. The largest absolute Gasteiger partial charge is 0.341 e. The van der Waals surface area contributed by atoms with E-state index in [0.717, 1.165) is 19.5 Å². The van der Waals surface area contributed by atoms with E-state index < -0.39 is 0 Å². The molecule has 2 atom stereocenters. The SMILES string of the molecule is CC[C@H](C)[C@H](N)C(=O)N1CCC2(CCCC2)CC1. The van der Waals surface area contributed by atoms with Gasteiger partial charge in [-0.05, 0) is 37.0 Å². The molecule has 0 radical (unpaired) electrons. The Labute approximate surface area is 111 Å². The minimum Gasteiger partial charge on any atom is -0.341 e. The molecule has 1 heterocycles. The first-order valence-electron chi connectivity index (χ1n) is 7.62. The van der Waals surface area contributed by atoms with Crippen molar-refractivity contribution in [1.29, 1.82) is 0 Å². The Morgan fingerprint density at radius 2 is 1.78 bits per heavy atom. The number of hydrogen-bond donors (Lipinski definition) is 1. The van der Waals surface area contributed by atoms with Gasteiger partial charge in [-0.2, -0.15) is 0 Å². The van der Waals surface area contributed by atoms with Crippen LogP contribution in [0.25, 0.3) is 0 Å². The van der Waals surface area contributed by atoms with Gasteiger partial charge in [0.2, 0.25) is 5.91 Å². The highest BCUT2D eigenvalue weighted by Gasteiger charge is 2.38. The van der Waals surface area contributed by atoms with Gasteiger partial charge in [0.15, 0.2) is 0 Å². The van der Waals surface area contributed by atoms with E-state index >= 15 is 0 Å². The van der Waals surface area contributed by atoms with E-state index in [2.05, 4.69) is 13.8 Å². The minimum absolute atomic E-state index is 0.178. The molecule has 3 nitrogen and oxygen atoms in total. The first-order valence-corrected chi connectivity index (χ1v) is 7.62. The zero-order valence-corrected chi connectivity index (χ0v) is 12.0. The molecule has 1 amide bonds. The molecule has 2 aliphatic rings. The first kappa shape index (κ1) is 13.9. The lowest BCUT2D eigenvalue weighted by Gasteiger charge is -2.40. The third kappa shape index (κ3) is 2.71. The molecular weight excluding hydrogens is 224 g/mol. The molecule has 18 heavy (non-hydrogen) atoms. The number of carbonyl (C=O) groups is 1. The number of likely N-dealkylation sites (tertiary alicyclic amines) is 1. The minimum atomic E-state index is -0.298. The van der Waals surface area contributed by atoms with E-state index in [4.69, 9.17) is 5.73 Å². The highest BCUT2D eigenvalue weighted by Crippen LogP contribution is 2.46. The summed E-state index contributed by atoms with van der Waals surface area (Å²) in [7, 11) is 0. The molecule has 2 N–H and O–H groups in total. The second-order valence-corrected chi connectivity index (χ2v) is 6.44. The molecule has 1 saturated carbocycles. The van der Waals surface area contributed by atoms with Crippen LogP contribution >= 0.6 is 0 Å². The van der Waals surface area contributed by atoms with Crippen LogP contribution < -0.4 is 5.73 Å². The van der Waals surface area contributed by atoms with E-state index in [-0.39, 0.29) is 11.9 Å². The van der Waals surface area contributed by atoms with Gasteiger partial charge in [0.25, 0.3) is 0 Å². The van der Waals surface area contributed by atoms with Crippen LogP contribution in [-0.4, -0.2) is 29.9 Å². The van der Waals surface area contributed by atoms with Crippen LogP contribution in [0.5, 0.6) is 0 Å². The predicted octanol–water partition coefficient (Wildman–Crippen LogP) is 2.54. The molecule has 1 aliphatic heterocycles. The molecule has 0 bridgehead atoms. The molecule has 1 spiro atoms. The zero-order chi connectivity index (χ0) is 13.2. The summed E-state index contributed by atoms with van der Waals surface area (Å²) in [6.45, 7) is 6.04. The van der Waals surface area contributed by atoms with Crippen LogP contribution in [0.2, 0.25) is 0 Å². The van der Waals surface area contributed by atoms with Crippen molar-refractivity contribution in [3.63, 3.8) is 0 Å². The predicted molar refractivity (Wildman–Crippen MR) is 74.1 cm³/mol. The lowest BCUT2D eigenvalue weighted by atomic mass is 9.77. The van der Waals surface area contributed by atoms with Crippen LogP contribution in [0.1, 0.15) is 58.8 Å². The Morgan fingerprint density at radius 3 is 2.28 bits per heavy atom. The Bertz CT molecular complexity index is 287. The summed E-state index contributed by atoms with van der Waals surface area (Å²) in [6, 6.07) is -0.298. The van der Waals surface area contributed by atoms with Crippen molar-refractivity contribution in [2.24, 2.45) is 17.1 Å². The summed E-state index contributed by atoms with van der Waals surface area (Å²) in [5.41, 5.74) is 6.64. The molecule has 2 rings (SSSR count). The topological polar surface area (TPSA) is 46.3 Å². The van der Waals surface area contributed by atoms with Crippen LogP contribution in [0.3, 0.4) is 0 Å². The smallest absolute Gasteiger partial charge is 0.239 e. The quantitative estimate of drug-likeness (QED) is 0.839. The molecule has 1 saturated heterocycles.